The lowest BCUT2D eigenvalue weighted by atomic mass is 10.2. The van der Waals surface area contributed by atoms with E-state index in [4.69, 9.17) is 4.52 Å². The third kappa shape index (κ3) is 2.56. The second-order valence-corrected chi connectivity index (χ2v) is 4.48. The number of hydrogen-bond acceptors (Lipinski definition) is 4. The summed E-state index contributed by atoms with van der Waals surface area (Å²) in [6.07, 6.45) is 0. The molecule has 1 amide bonds. The van der Waals surface area contributed by atoms with Crippen molar-refractivity contribution in [2.75, 3.05) is 0 Å². The molecule has 0 spiro atoms. The molecule has 4 nitrogen and oxygen atoms in total. The van der Waals surface area contributed by atoms with Crippen molar-refractivity contribution in [1.29, 1.82) is 0 Å². The highest BCUT2D eigenvalue weighted by atomic mass is 32.1. The first kappa shape index (κ1) is 12.7. The molecular formula is C13H14N2O2S. The van der Waals surface area contributed by atoms with E-state index in [9.17, 15) is 4.79 Å². The molecule has 94 valence electrons. The molecule has 0 radical (unpaired) electrons. The molecule has 1 aromatic carbocycles. The van der Waals surface area contributed by atoms with E-state index in [1.54, 1.807) is 12.1 Å². The van der Waals surface area contributed by atoms with Crippen molar-refractivity contribution in [3.63, 3.8) is 0 Å². The molecule has 0 fully saturated rings. The van der Waals surface area contributed by atoms with E-state index in [-0.39, 0.29) is 5.91 Å². The number of benzene rings is 1. The molecule has 1 heterocycles. The molecular weight excluding hydrogens is 248 g/mol. The Kier molecular flexibility index (Phi) is 3.72. The Hall–Kier alpha value is -1.75. The van der Waals surface area contributed by atoms with Crippen LogP contribution in [0.5, 0.6) is 0 Å². The summed E-state index contributed by atoms with van der Waals surface area (Å²) in [7, 11) is 0. The van der Waals surface area contributed by atoms with Crippen molar-refractivity contribution in [3.05, 3.63) is 46.8 Å². The Bertz CT molecular complexity index is 559. The maximum Gasteiger partial charge on any atom is 0.252 e. The molecule has 1 aromatic heterocycles. The molecule has 5 heteroatoms. The monoisotopic (exact) mass is 262 g/mol. The van der Waals surface area contributed by atoms with Gasteiger partial charge < -0.3 is 9.84 Å². The second-order valence-electron chi connectivity index (χ2n) is 4.00. The smallest absolute Gasteiger partial charge is 0.252 e. The van der Waals surface area contributed by atoms with Crippen molar-refractivity contribution < 1.29 is 9.32 Å². The number of hydrogen-bond donors (Lipinski definition) is 2. The van der Waals surface area contributed by atoms with Gasteiger partial charge in [-0.2, -0.15) is 0 Å². The predicted octanol–water partition coefficient (Wildman–Crippen LogP) is 2.51. The lowest BCUT2D eigenvalue weighted by molar-refractivity contribution is 0.0948. The zero-order valence-corrected chi connectivity index (χ0v) is 11.1. The summed E-state index contributed by atoms with van der Waals surface area (Å²) in [5, 5.41) is 6.68. The molecule has 0 atom stereocenters. The second kappa shape index (κ2) is 5.27. The van der Waals surface area contributed by atoms with E-state index in [0.29, 0.717) is 17.0 Å². The SMILES string of the molecule is Cc1noc(C)c1CNC(=O)c1ccccc1S. The van der Waals surface area contributed by atoms with Gasteiger partial charge in [-0.25, -0.2) is 0 Å². The molecule has 0 aliphatic heterocycles. The molecule has 2 aromatic rings. The number of carbonyl (C=O) groups is 1. The van der Waals surface area contributed by atoms with Crippen LogP contribution in [0.25, 0.3) is 0 Å². The van der Waals surface area contributed by atoms with E-state index in [2.05, 4.69) is 23.1 Å². The van der Waals surface area contributed by atoms with Gasteiger partial charge in [0.25, 0.3) is 5.91 Å². The highest BCUT2D eigenvalue weighted by Gasteiger charge is 2.12. The molecule has 0 aliphatic carbocycles. The van der Waals surface area contributed by atoms with Gasteiger partial charge in [-0.15, -0.1) is 12.6 Å². The quantitative estimate of drug-likeness (QED) is 0.836. The van der Waals surface area contributed by atoms with Crippen LogP contribution in [0, 0.1) is 13.8 Å². The fraction of sp³-hybridized carbons (Fsp3) is 0.231. The van der Waals surface area contributed by atoms with Crippen molar-refractivity contribution in [3.8, 4) is 0 Å². The van der Waals surface area contributed by atoms with Crippen LogP contribution < -0.4 is 5.32 Å². The summed E-state index contributed by atoms with van der Waals surface area (Å²) in [6, 6.07) is 7.18. The van der Waals surface area contributed by atoms with Gasteiger partial charge in [-0.3, -0.25) is 4.79 Å². The number of carbonyl (C=O) groups excluding carboxylic acids is 1. The maximum absolute atomic E-state index is 12.0. The first-order valence-corrected chi connectivity index (χ1v) is 6.02. The predicted molar refractivity (Wildman–Crippen MR) is 70.8 cm³/mol. The largest absolute Gasteiger partial charge is 0.361 e. The Morgan fingerprint density at radius 1 is 1.39 bits per heavy atom. The lowest BCUT2D eigenvalue weighted by Crippen LogP contribution is -2.23. The summed E-state index contributed by atoms with van der Waals surface area (Å²) >= 11 is 4.25. The van der Waals surface area contributed by atoms with E-state index < -0.39 is 0 Å². The van der Waals surface area contributed by atoms with Crippen LogP contribution in [-0.4, -0.2) is 11.1 Å². The van der Waals surface area contributed by atoms with Crippen molar-refractivity contribution in [2.24, 2.45) is 0 Å². The van der Waals surface area contributed by atoms with Gasteiger partial charge in [0.2, 0.25) is 0 Å². The molecule has 2 rings (SSSR count). The number of aryl methyl sites for hydroxylation is 2. The van der Waals surface area contributed by atoms with Crippen LogP contribution in [0.4, 0.5) is 0 Å². The average Bonchev–Trinajstić information content (AvgIpc) is 2.67. The van der Waals surface area contributed by atoms with Gasteiger partial charge in [0.05, 0.1) is 11.3 Å². The van der Waals surface area contributed by atoms with Gasteiger partial charge in [-0.05, 0) is 26.0 Å². The standard InChI is InChI=1S/C13H14N2O2S/c1-8-11(9(2)17-15-8)7-14-13(16)10-5-3-4-6-12(10)18/h3-6,18H,7H2,1-2H3,(H,14,16). The fourth-order valence-electron chi connectivity index (χ4n) is 1.68. The number of nitrogens with one attached hydrogen (secondary N) is 1. The Morgan fingerprint density at radius 2 is 2.11 bits per heavy atom. The summed E-state index contributed by atoms with van der Waals surface area (Å²) in [6.45, 7) is 4.08. The van der Waals surface area contributed by atoms with Crippen molar-refractivity contribution >= 4 is 18.5 Å². The van der Waals surface area contributed by atoms with Crippen molar-refractivity contribution in [1.82, 2.24) is 10.5 Å². The van der Waals surface area contributed by atoms with Crippen LogP contribution in [0.3, 0.4) is 0 Å². The molecule has 18 heavy (non-hydrogen) atoms. The first-order chi connectivity index (χ1) is 8.59. The van der Waals surface area contributed by atoms with Crippen LogP contribution >= 0.6 is 12.6 Å². The zero-order chi connectivity index (χ0) is 13.1. The van der Waals surface area contributed by atoms with Crippen LogP contribution in [0.15, 0.2) is 33.7 Å². The Balaban J connectivity index is 2.08. The van der Waals surface area contributed by atoms with Crippen LogP contribution in [-0.2, 0) is 6.54 Å². The number of amides is 1. The van der Waals surface area contributed by atoms with Gasteiger partial charge in [0.15, 0.2) is 0 Å². The number of rotatable bonds is 3. The summed E-state index contributed by atoms with van der Waals surface area (Å²) in [5.74, 6) is 0.576. The number of aromatic nitrogens is 1. The van der Waals surface area contributed by atoms with Crippen LogP contribution in [0.2, 0.25) is 0 Å². The molecule has 0 bridgehead atoms. The number of nitrogens with zero attached hydrogens (tertiary/aromatic N) is 1. The molecule has 1 N–H and O–H groups in total. The molecule has 0 unspecified atom stereocenters. The Morgan fingerprint density at radius 3 is 2.72 bits per heavy atom. The van der Waals surface area contributed by atoms with E-state index >= 15 is 0 Å². The highest BCUT2D eigenvalue weighted by Crippen LogP contribution is 2.14. The van der Waals surface area contributed by atoms with E-state index in [0.717, 1.165) is 17.0 Å². The topological polar surface area (TPSA) is 55.1 Å². The molecule has 0 saturated heterocycles. The van der Waals surface area contributed by atoms with Crippen LogP contribution in [0.1, 0.15) is 27.4 Å². The third-order valence-corrected chi connectivity index (χ3v) is 3.15. The Labute approximate surface area is 111 Å². The van der Waals surface area contributed by atoms with Gasteiger partial charge in [-0.1, -0.05) is 17.3 Å². The fourth-order valence-corrected chi connectivity index (χ4v) is 1.95. The minimum Gasteiger partial charge on any atom is -0.361 e. The maximum atomic E-state index is 12.0. The minimum atomic E-state index is -0.152. The van der Waals surface area contributed by atoms with Crippen molar-refractivity contribution in [2.45, 2.75) is 25.3 Å². The number of thiol groups is 1. The lowest BCUT2D eigenvalue weighted by Gasteiger charge is -2.06. The zero-order valence-electron chi connectivity index (χ0n) is 10.2. The third-order valence-electron chi connectivity index (χ3n) is 2.76. The van der Waals surface area contributed by atoms with E-state index in [1.807, 2.05) is 26.0 Å². The molecule has 0 saturated carbocycles. The normalized spacial score (nSPS) is 10.4. The summed E-state index contributed by atoms with van der Waals surface area (Å²) < 4.78 is 5.04. The minimum absolute atomic E-state index is 0.152. The summed E-state index contributed by atoms with van der Waals surface area (Å²) in [4.78, 5) is 12.6. The van der Waals surface area contributed by atoms with Gasteiger partial charge >= 0.3 is 0 Å². The van der Waals surface area contributed by atoms with Gasteiger partial charge in [0.1, 0.15) is 5.76 Å². The average molecular weight is 262 g/mol. The highest BCUT2D eigenvalue weighted by molar-refractivity contribution is 7.80. The first-order valence-electron chi connectivity index (χ1n) is 5.57. The van der Waals surface area contributed by atoms with Gasteiger partial charge in [0, 0.05) is 17.0 Å². The van der Waals surface area contributed by atoms with E-state index in [1.165, 1.54) is 0 Å². The summed E-state index contributed by atoms with van der Waals surface area (Å²) in [5.41, 5.74) is 2.28. The molecule has 0 aliphatic rings.